The van der Waals surface area contributed by atoms with Gasteiger partial charge in [0, 0.05) is 26.6 Å². The van der Waals surface area contributed by atoms with Gasteiger partial charge in [0.1, 0.15) is 11.6 Å². The first kappa shape index (κ1) is 12.2. The largest absolute Gasteiger partial charge is 0.369 e. The van der Waals surface area contributed by atoms with E-state index in [1.165, 1.54) is 6.92 Å². The van der Waals surface area contributed by atoms with Crippen LogP contribution in [0.15, 0.2) is 12.4 Å². The summed E-state index contributed by atoms with van der Waals surface area (Å²) in [5.41, 5.74) is 0. The number of amides is 1. The fourth-order valence-corrected chi connectivity index (χ4v) is 1.15. The van der Waals surface area contributed by atoms with Crippen molar-refractivity contribution >= 4 is 17.5 Å². The third kappa shape index (κ3) is 4.59. The number of nitrogens with one attached hydrogen (secondary N) is 3. The Bertz CT molecular complexity index is 342. The average Bonchev–Trinajstić information content (AvgIpc) is 2.25. The number of hydrogen-bond acceptors (Lipinski definition) is 5. The first-order valence-electron chi connectivity index (χ1n) is 5.26. The molecule has 0 spiro atoms. The van der Waals surface area contributed by atoms with Gasteiger partial charge in [0.2, 0.25) is 5.91 Å². The molecule has 1 rings (SSSR count). The number of carbonyl (C=O) groups excluding carboxylic acids is 1. The SMILES string of the molecule is CCNc1cncc(NCCNC(C)=O)n1. The third-order valence-corrected chi connectivity index (χ3v) is 1.80. The molecule has 1 heterocycles. The van der Waals surface area contributed by atoms with Crippen LogP contribution in [0.1, 0.15) is 13.8 Å². The van der Waals surface area contributed by atoms with Crippen molar-refractivity contribution in [3.05, 3.63) is 12.4 Å². The van der Waals surface area contributed by atoms with Crippen LogP contribution in [0.4, 0.5) is 11.6 Å². The van der Waals surface area contributed by atoms with Crippen LogP contribution < -0.4 is 16.0 Å². The molecule has 0 aliphatic heterocycles. The number of aromatic nitrogens is 2. The Labute approximate surface area is 94.9 Å². The number of anilines is 2. The molecular formula is C10H17N5O. The smallest absolute Gasteiger partial charge is 0.216 e. The first-order chi connectivity index (χ1) is 7.72. The van der Waals surface area contributed by atoms with Gasteiger partial charge < -0.3 is 16.0 Å². The molecule has 0 fully saturated rings. The Kier molecular flexibility index (Phi) is 5.04. The van der Waals surface area contributed by atoms with E-state index in [0.29, 0.717) is 18.9 Å². The molecule has 3 N–H and O–H groups in total. The fourth-order valence-electron chi connectivity index (χ4n) is 1.15. The van der Waals surface area contributed by atoms with Crippen molar-refractivity contribution in [1.82, 2.24) is 15.3 Å². The van der Waals surface area contributed by atoms with Gasteiger partial charge in [-0.05, 0) is 6.92 Å². The summed E-state index contributed by atoms with van der Waals surface area (Å²) in [7, 11) is 0. The predicted molar refractivity (Wildman–Crippen MR) is 63.4 cm³/mol. The zero-order valence-electron chi connectivity index (χ0n) is 9.58. The maximum absolute atomic E-state index is 10.6. The quantitative estimate of drug-likeness (QED) is 0.610. The van der Waals surface area contributed by atoms with E-state index >= 15 is 0 Å². The lowest BCUT2D eigenvalue weighted by Gasteiger charge is -2.07. The van der Waals surface area contributed by atoms with Crippen LogP contribution in [0.2, 0.25) is 0 Å². The van der Waals surface area contributed by atoms with E-state index in [-0.39, 0.29) is 5.91 Å². The van der Waals surface area contributed by atoms with Crippen LogP contribution in [0.3, 0.4) is 0 Å². The highest BCUT2D eigenvalue weighted by atomic mass is 16.1. The van der Waals surface area contributed by atoms with E-state index in [4.69, 9.17) is 0 Å². The van der Waals surface area contributed by atoms with Crippen LogP contribution in [-0.2, 0) is 4.79 Å². The highest BCUT2D eigenvalue weighted by Crippen LogP contribution is 2.05. The van der Waals surface area contributed by atoms with Gasteiger partial charge in [-0.15, -0.1) is 0 Å². The summed E-state index contributed by atoms with van der Waals surface area (Å²) in [4.78, 5) is 18.9. The second kappa shape index (κ2) is 6.60. The summed E-state index contributed by atoms with van der Waals surface area (Å²) >= 11 is 0. The molecule has 0 aromatic carbocycles. The van der Waals surface area contributed by atoms with Gasteiger partial charge in [-0.25, -0.2) is 4.98 Å². The first-order valence-corrected chi connectivity index (χ1v) is 5.26. The molecule has 0 unspecified atom stereocenters. The molecule has 0 aliphatic rings. The molecule has 1 aromatic heterocycles. The van der Waals surface area contributed by atoms with Gasteiger partial charge >= 0.3 is 0 Å². The summed E-state index contributed by atoms with van der Waals surface area (Å²) in [5, 5.41) is 8.83. The van der Waals surface area contributed by atoms with Crippen LogP contribution in [0.5, 0.6) is 0 Å². The number of hydrogen-bond donors (Lipinski definition) is 3. The maximum Gasteiger partial charge on any atom is 0.216 e. The summed E-state index contributed by atoms with van der Waals surface area (Å²) < 4.78 is 0. The zero-order chi connectivity index (χ0) is 11.8. The Morgan fingerprint density at radius 2 is 1.94 bits per heavy atom. The van der Waals surface area contributed by atoms with Crippen molar-refractivity contribution in [3.8, 4) is 0 Å². The molecule has 0 radical (unpaired) electrons. The minimum Gasteiger partial charge on any atom is -0.369 e. The molecule has 6 heteroatoms. The Morgan fingerprint density at radius 3 is 2.56 bits per heavy atom. The molecule has 0 bridgehead atoms. The van der Waals surface area contributed by atoms with Crippen molar-refractivity contribution in [3.63, 3.8) is 0 Å². The van der Waals surface area contributed by atoms with Crippen molar-refractivity contribution in [2.75, 3.05) is 30.3 Å². The molecule has 0 atom stereocenters. The molecule has 16 heavy (non-hydrogen) atoms. The summed E-state index contributed by atoms with van der Waals surface area (Å²) in [6, 6.07) is 0. The summed E-state index contributed by atoms with van der Waals surface area (Å²) in [6.07, 6.45) is 3.32. The minimum atomic E-state index is -0.0331. The predicted octanol–water partition coefficient (Wildman–Crippen LogP) is 0.456. The second-order valence-electron chi connectivity index (χ2n) is 3.23. The van der Waals surface area contributed by atoms with E-state index in [0.717, 1.165) is 12.4 Å². The molecule has 0 aliphatic carbocycles. The van der Waals surface area contributed by atoms with Crippen LogP contribution in [0, 0.1) is 0 Å². The van der Waals surface area contributed by atoms with E-state index in [2.05, 4.69) is 25.9 Å². The second-order valence-corrected chi connectivity index (χ2v) is 3.23. The van der Waals surface area contributed by atoms with Crippen molar-refractivity contribution in [2.24, 2.45) is 0 Å². The van der Waals surface area contributed by atoms with E-state index in [1.54, 1.807) is 12.4 Å². The number of carbonyl (C=O) groups is 1. The van der Waals surface area contributed by atoms with Gasteiger partial charge in [-0.3, -0.25) is 9.78 Å². The Hall–Kier alpha value is -1.85. The van der Waals surface area contributed by atoms with Crippen LogP contribution in [-0.4, -0.2) is 35.5 Å². The van der Waals surface area contributed by atoms with Crippen LogP contribution in [0.25, 0.3) is 0 Å². The lowest BCUT2D eigenvalue weighted by molar-refractivity contribution is -0.118. The minimum absolute atomic E-state index is 0.0331. The maximum atomic E-state index is 10.6. The highest BCUT2D eigenvalue weighted by Gasteiger charge is 1.97. The van der Waals surface area contributed by atoms with Gasteiger partial charge in [0.05, 0.1) is 12.4 Å². The van der Waals surface area contributed by atoms with E-state index in [1.807, 2.05) is 6.92 Å². The summed E-state index contributed by atoms with van der Waals surface area (Å²) in [6.45, 7) is 5.50. The Balaban J connectivity index is 2.35. The zero-order valence-corrected chi connectivity index (χ0v) is 9.58. The van der Waals surface area contributed by atoms with Gasteiger partial charge in [0.15, 0.2) is 0 Å². The average molecular weight is 223 g/mol. The number of rotatable bonds is 6. The standard InChI is InChI=1S/C10H17N5O/c1-3-12-9-6-11-7-10(15-9)14-5-4-13-8(2)16/h6-7H,3-5H2,1-2H3,(H,13,16)(H2,12,14,15). The van der Waals surface area contributed by atoms with E-state index < -0.39 is 0 Å². The highest BCUT2D eigenvalue weighted by molar-refractivity contribution is 5.72. The topological polar surface area (TPSA) is 78.9 Å². The monoisotopic (exact) mass is 223 g/mol. The summed E-state index contributed by atoms with van der Waals surface area (Å²) in [5.74, 6) is 1.41. The molecule has 0 saturated carbocycles. The Morgan fingerprint density at radius 1 is 1.25 bits per heavy atom. The normalized spacial score (nSPS) is 9.62. The number of nitrogens with zero attached hydrogens (tertiary/aromatic N) is 2. The van der Waals surface area contributed by atoms with Crippen LogP contribution >= 0.6 is 0 Å². The third-order valence-electron chi connectivity index (χ3n) is 1.80. The molecule has 88 valence electrons. The van der Waals surface area contributed by atoms with Gasteiger partial charge in [0.25, 0.3) is 0 Å². The van der Waals surface area contributed by atoms with Crippen molar-refractivity contribution < 1.29 is 4.79 Å². The van der Waals surface area contributed by atoms with Gasteiger partial charge in [-0.2, -0.15) is 0 Å². The molecule has 0 saturated heterocycles. The molecule has 1 aromatic rings. The van der Waals surface area contributed by atoms with E-state index in [9.17, 15) is 4.79 Å². The lowest BCUT2D eigenvalue weighted by Crippen LogP contribution is -2.26. The fraction of sp³-hybridized carbons (Fsp3) is 0.500. The molecular weight excluding hydrogens is 206 g/mol. The lowest BCUT2D eigenvalue weighted by atomic mass is 10.5. The van der Waals surface area contributed by atoms with Gasteiger partial charge in [-0.1, -0.05) is 0 Å². The van der Waals surface area contributed by atoms with Crippen molar-refractivity contribution in [2.45, 2.75) is 13.8 Å². The van der Waals surface area contributed by atoms with Crippen molar-refractivity contribution in [1.29, 1.82) is 0 Å². The molecule has 1 amide bonds. The molecule has 6 nitrogen and oxygen atoms in total.